The number of ether oxygens (including phenoxy) is 1. The van der Waals surface area contributed by atoms with Gasteiger partial charge in [0.2, 0.25) is 35.4 Å². The second kappa shape index (κ2) is 37.5. The third kappa shape index (κ3) is 24.6. The van der Waals surface area contributed by atoms with E-state index in [2.05, 4.69) is 38.0 Å². The molecule has 0 aliphatic carbocycles. The van der Waals surface area contributed by atoms with Crippen LogP contribution in [-0.4, -0.2) is 292 Å². The van der Waals surface area contributed by atoms with Gasteiger partial charge in [0.05, 0.1) is 74.2 Å². The number of likely N-dealkylation sites (tertiary alicyclic amines) is 2. The van der Waals surface area contributed by atoms with Crippen molar-refractivity contribution in [1.82, 2.24) is 60.1 Å². The van der Waals surface area contributed by atoms with Crippen LogP contribution in [0.25, 0.3) is 10.9 Å². The summed E-state index contributed by atoms with van der Waals surface area (Å²) >= 11 is 1.25. The second-order valence-electron chi connectivity index (χ2n) is 25.2. The second-order valence-corrected chi connectivity index (χ2v) is 26.4. The van der Waals surface area contributed by atoms with Crippen LogP contribution >= 0.6 is 11.8 Å². The third-order valence-electron chi connectivity index (χ3n) is 17.5. The lowest BCUT2D eigenvalue weighted by Crippen LogP contribution is -2.51. The molecule has 5 heterocycles. The van der Waals surface area contributed by atoms with Crippen LogP contribution in [-0.2, 0) is 49.6 Å². The van der Waals surface area contributed by atoms with Crippen LogP contribution in [0.4, 0.5) is 8.78 Å². The van der Waals surface area contributed by atoms with Gasteiger partial charge in [-0.2, -0.15) is 5.26 Å². The number of carboxylic acid groups (broad SMARTS) is 3. The van der Waals surface area contributed by atoms with Crippen molar-refractivity contribution in [2.45, 2.75) is 101 Å². The summed E-state index contributed by atoms with van der Waals surface area (Å²) in [6, 6.07) is 14.7. The van der Waals surface area contributed by atoms with E-state index < -0.39 is 90.2 Å². The number of alkyl halides is 2. The number of hydrogen-bond acceptors (Lipinski definition) is 19. The Hall–Kier alpha value is -7.95. The molecule has 4 aliphatic heterocycles. The largest absolute Gasteiger partial charge is 0.494 e. The Bertz CT molecular complexity index is 3200. The maximum atomic E-state index is 14.1. The lowest BCUT2D eigenvalue weighted by atomic mass is 10.1. The fourth-order valence-corrected chi connectivity index (χ4v) is 13.4. The van der Waals surface area contributed by atoms with Gasteiger partial charge < -0.3 is 45.8 Å². The summed E-state index contributed by atoms with van der Waals surface area (Å²) in [4.78, 5) is 147. The smallest absolute Gasteiger partial charge is 0.317 e. The Labute approximate surface area is 562 Å². The summed E-state index contributed by atoms with van der Waals surface area (Å²) in [5, 5.41) is 46.5. The van der Waals surface area contributed by atoms with E-state index in [0.717, 1.165) is 40.3 Å². The van der Waals surface area contributed by atoms with Gasteiger partial charge >= 0.3 is 17.9 Å². The number of carbonyl (C=O) groups excluding carboxylic acids is 7. The van der Waals surface area contributed by atoms with Crippen molar-refractivity contribution in [1.29, 1.82) is 5.26 Å². The predicted octanol–water partition coefficient (Wildman–Crippen LogP) is 2.10. The minimum atomic E-state index is -3.19. The molecule has 0 saturated carbocycles. The monoisotopic (exact) mass is 1360 g/mol. The van der Waals surface area contributed by atoms with Gasteiger partial charge in [-0.05, 0) is 88.2 Å². The predicted molar refractivity (Wildman–Crippen MR) is 351 cm³/mol. The topological polar surface area (TPSA) is 339 Å². The van der Waals surface area contributed by atoms with Crippen LogP contribution in [0.5, 0.6) is 5.75 Å². The van der Waals surface area contributed by atoms with Gasteiger partial charge in [0.1, 0.15) is 11.8 Å². The maximum absolute atomic E-state index is 14.1. The SMILES string of the molecule is Cc1ccc(CCCC(=O)NCCCC[C@@H](CSC2CC(=O)N(C[C@@H](C)C(=O)N3CCN(CCCCOc4ccc5nccc(C(=O)NCC(=O)N6CC(F)(F)C[C@@H]6C#N)c5c4)CC3)C2=O)NC(=O)CN2CCN(CC(=O)O)CCN(CC(=O)O)CCN(CC(=O)O)CC2)cc1. The molecule has 2 aromatic carbocycles. The number of amides is 7. The zero-order valence-electron chi connectivity index (χ0n) is 54.8. The van der Waals surface area contributed by atoms with Crippen molar-refractivity contribution >= 4 is 81.9 Å². The van der Waals surface area contributed by atoms with Gasteiger partial charge in [-0.1, -0.05) is 36.8 Å². The number of piperazine rings is 1. The molecule has 4 fully saturated rings. The number of nitrogens with zero attached hydrogens (tertiary/aromatic N) is 10. The number of rotatable bonds is 33. The molecule has 4 atom stereocenters. The minimum absolute atomic E-state index is 0.0632. The van der Waals surface area contributed by atoms with E-state index in [-0.39, 0.29) is 121 Å². The number of carboxylic acids is 3. The number of imide groups is 1. The van der Waals surface area contributed by atoms with E-state index in [0.29, 0.717) is 94.5 Å². The number of thioether (sulfide) groups is 1. The van der Waals surface area contributed by atoms with Crippen LogP contribution in [0, 0.1) is 24.2 Å². The Morgan fingerprint density at radius 2 is 1.36 bits per heavy atom. The molecular weight excluding hydrogens is 1270 g/mol. The molecule has 4 saturated heterocycles. The van der Waals surface area contributed by atoms with Gasteiger partial charge in [-0.3, -0.25) is 82.3 Å². The maximum Gasteiger partial charge on any atom is 0.317 e. The number of aliphatic carboxylic acids is 3. The van der Waals surface area contributed by atoms with E-state index in [1.165, 1.54) is 24.0 Å². The van der Waals surface area contributed by atoms with Gasteiger partial charge in [-0.25, -0.2) is 8.78 Å². The number of nitrogens with one attached hydrogen (secondary N) is 3. The summed E-state index contributed by atoms with van der Waals surface area (Å²) in [5.41, 5.74) is 3.02. The van der Waals surface area contributed by atoms with Gasteiger partial charge in [0, 0.05) is 134 Å². The average molecular weight is 1360 g/mol. The summed E-state index contributed by atoms with van der Waals surface area (Å²) in [6.45, 7) is 6.54. The Balaban J connectivity index is 0.865. The third-order valence-corrected chi connectivity index (χ3v) is 18.9. The van der Waals surface area contributed by atoms with Crippen LogP contribution in [0.1, 0.15) is 86.2 Å². The standard InChI is InChI=1S/C66H91F2N13O14S/c1-46-11-13-48(14-12-46)8-7-10-56(82)71-18-4-3-9-49(73-57(83)40-75-21-23-76(41-60(86)87)25-27-78(43-62(90)91)28-26-77(24-22-75)42-61(88)89)44-96-55-35-58(84)80(65(55)94)39-47(2)64(93)79-31-29-74(30-32-79)20-5-6-33-95-51-15-16-54-53(34-51)52(17-19-70-54)63(92)72-38-59(85)81-45-66(67,68)36-50(81)37-69/h11-17,19,34,47,49-50,55H,3-10,18,20-33,35-36,38-45H2,1-2H3,(H,71,82)(H,72,92)(H,73,83)(H,86,87)(H,88,89)(H,90,91)/t47-,49+,50-,55?/m1/s1. The molecule has 4 aliphatic rings. The molecule has 0 bridgehead atoms. The molecule has 7 rings (SSSR count). The lowest BCUT2D eigenvalue weighted by Gasteiger charge is -2.36. The highest BCUT2D eigenvalue weighted by atomic mass is 32.2. The number of hydrogen-bond donors (Lipinski definition) is 6. The molecule has 524 valence electrons. The van der Waals surface area contributed by atoms with Gasteiger partial charge in [0.25, 0.3) is 11.8 Å². The minimum Gasteiger partial charge on any atom is -0.494 e. The highest BCUT2D eigenvalue weighted by Gasteiger charge is 2.47. The number of pyridine rings is 1. The molecule has 96 heavy (non-hydrogen) atoms. The van der Waals surface area contributed by atoms with E-state index in [9.17, 15) is 77.3 Å². The molecule has 1 aromatic heterocycles. The number of carbonyl (C=O) groups is 10. The summed E-state index contributed by atoms with van der Waals surface area (Å²) in [7, 11) is 0. The molecule has 30 heteroatoms. The van der Waals surface area contributed by atoms with Crippen LogP contribution in [0.15, 0.2) is 54.7 Å². The number of unbranched alkanes of at least 4 members (excludes halogenated alkanes) is 2. The number of halogens is 2. The molecule has 27 nitrogen and oxygen atoms in total. The summed E-state index contributed by atoms with van der Waals surface area (Å²) < 4.78 is 33.9. The van der Waals surface area contributed by atoms with Crippen LogP contribution in [0.2, 0.25) is 0 Å². The first-order chi connectivity index (χ1) is 45.9. The molecule has 6 N–H and O–H groups in total. The highest BCUT2D eigenvalue weighted by molar-refractivity contribution is 8.00. The highest BCUT2D eigenvalue weighted by Crippen LogP contribution is 2.32. The molecule has 0 spiro atoms. The number of aromatic nitrogens is 1. The normalized spacial score (nSPS) is 19.4. The van der Waals surface area contributed by atoms with Crippen molar-refractivity contribution in [3.05, 3.63) is 71.4 Å². The van der Waals surface area contributed by atoms with Gasteiger partial charge in [-0.15, -0.1) is 11.8 Å². The van der Waals surface area contributed by atoms with E-state index in [4.69, 9.17) is 4.74 Å². The fourth-order valence-electron chi connectivity index (χ4n) is 12.1. The van der Waals surface area contributed by atoms with Crippen molar-refractivity contribution in [2.75, 3.05) is 150 Å². The van der Waals surface area contributed by atoms with E-state index >= 15 is 0 Å². The first-order valence-corrected chi connectivity index (χ1v) is 34.0. The van der Waals surface area contributed by atoms with Crippen molar-refractivity contribution in [3.63, 3.8) is 0 Å². The number of nitriles is 1. The molecule has 1 unspecified atom stereocenters. The van der Waals surface area contributed by atoms with E-state index in [1.807, 2.05) is 24.0 Å². The lowest BCUT2D eigenvalue weighted by molar-refractivity contribution is -0.143. The van der Waals surface area contributed by atoms with Crippen LogP contribution < -0.4 is 20.7 Å². The number of fused-ring (bicyclic) bond motifs is 1. The van der Waals surface area contributed by atoms with Crippen molar-refractivity contribution in [2.24, 2.45) is 5.92 Å². The Morgan fingerprint density at radius 1 is 0.750 bits per heavy atom. The van der Waals surface area contributed by atoms with Crippen molar-refractivity contribution < 1.29 is 76.8 Å². The summed E-state index contributed by atoms with van der Waals surface area (Å²) in [5.74, 6) is -9.17. The Kier molecular flexibility index (Phi) is 29.5. The number of benzene rings is 2. The first kappa shape index (κ1) is 75.4. The molecule has 3 aromatic rings. The zero-order chi connectivity index (χ0) is 69.3. The average Bonchev–Trinajstić information content (AvgIpc) is 1.34. The van der Waals surface area contributed by atoms with E-state index in [1.54, 1.807) is 50.8 Å². The molecule has 7 amide bonds. The summed E-state index contributed by atoms with van der Waals surface area (Å²) in [6.07, 6.45) is 5.56. The molecular formula is C66H91F2N13O14S. The molecule has 0 radical (unpaired) electrons. The van der Waals surface area contributed by atoms with Crippen LogP contribution in [0.3, 0.4) is 0 Å². The van der Waals surface area contributed by atoms with Gasteiger partial charge in [0.15, 0.2) is 0 Å². The first-order valence-electron chi connectivity index (χ1n) is 32.9. The zero-order valence-corrected chi connectivity index (χ0v) is 55.6. The Morgan fingerprint density at radius 3 is 1.98 bits per heavy atom. The quantitative estimate of drug-likeness (QED) is 0.0376. The fraction of sp³-hybridized carbons (Fsp3) is 0.606. The number of aryl methyl sites for hydroxylation is 2. The van der Waals surface area contributed by atoms with Crippen molar-refractivity contribution in [3.8, 4) is 11.8 Å².